The number of carbonyl (C=O) groups is 3. The normalized spacial score (nSPS) is 10.6. The number of nitrogens with one attached hydrogen (secondary N) is 2. The molecule has 0 saturated heterocycles. The molecule has 3 rings (SSSR count). The smallest absolute Gasteiger partial charge is 0.338 e. The standard InChI is InChI=1S/C17H17N5O5/c1-2-22-14-6-5-11(8-13(14)20-21-22)16(24)27-10-15(23)19-17(25)18-9-12-4-3-7-26-12/h3-8H,2,9-10H2,1H3,(H2,18,19,23,25). The fraction of sp³-hybridized carbons (Fsp3) is 0.235. The van der Waals surface area contributed by atoms with Gasteiger partial charge in [0.25, 0.3) is 5.91 Å². The number of aryl methyl sites for hydroxylation is 1. The number of fused-ring (bicyclic) bond motifs is 1. The topological polar surface area (TPSA) is 128 Å². The van der Waals surface area contributed by atoms with Gasteiger partial charge in [-0.3, -0.25) is 10.1 Å². The number of benzene rings is 1. The van der Waals surface area contributed by atoms with Crippen LogP contribution >= 0.6 is 0 Å². The van der Waals surface area contributed by atoms with E-state index >= 15 is 0 Å². The van der Waals surface area contributed by atoms with Crippen molar-refractivity contribution in [2.24, 2.45) is 0 Å². The highest BCUT2D eigenvalue weighted by molar-refractivity contribution is 5.98. The first kappa shape index (κ1) is 18.1. The largest absolute Gasteiger partial charge is 0.467 e. The molecule has 3 amide bonds. The molecule has 10 nitrogen and oxygen atoms in total. The third-order valence-corrected chi connectivity index (χ3v) is 3.64. The monoisotopic (exact) mass is 371 g/mol. The molecule has 3 aromatic rings. The first-order valence-corrected chi connectivity index (χ1v) is 8.17. The van der Waals surface area contributed by atoms with Gasteiger partial charge in [-0.25, -0.2) is 14.3 Å². The number of hydrogen-bond acceptors (Lipinski definition) is 7. The van der Waals surface area contributed by atoms with Gasteiger partial charge in [-0.15, -0.1) is 5.10 Å². The van der Waals surface area contributed by atoms with Crippen LogP contribution in [0.2, 0.25) is 0 Å². The maximum absolute atomic E-state index is 12.1. The lowest BCUT2D eigenvalue weighted by Gasteiger charge is -2.07. The zero-order chi connectivity index (χ0) is 19.2. The van der Waals surface area contributed by atoms with E-state index in [1.807, 2.05) is 6.92 Å². The molecule has 2 aromatic heterocycles. The Balaban J connectivity index is 1.48. The second-order valence-electron chi connectivity index (χ2n) is 5.50. The number of hydrogen-bond donors (Lipinski definition) is 2. The highest BCUT2D eigenvalue weighted by atomic mass is 16.5. The van der Waals surface area contributed by atoms with E-state index < -0.39 is 24.5 Å². The Bertz CT molecular complexity index is 963. The summed E-state index contributed by atoms with van der Waals surface area (Å²) in [5, 5.41) is 12.4. The van der Waals surface area contributed by atoms with E-state index in [-0.39, 0.29) is 12.1 Å². The number of esters is 1. The molecule has 0 bridgehead atoms. The molecule has 0 aliphatic carbocycles. The second kappa shape index (κ2) is 8.13. The summed E-state index contributed by atoms with van der Waals surface area (Å²) in [5.74, 6) is -0.910. The summed E-state index contributed by atoms with van der Waals surface area (Å²) in [7, 11) is 0. The van der Waals surface area contributed by atoms with Crippen molar-refractivity contribution in [2.75, 3.05) is 6.61 Å². The van der Waals surface area contributed by atoms with Crippen molar-refractivity contribution in [3.05, 3.63) is 47.9 Å². The van der Waals surface area contributed by atoms with Gasteiger partial charge in [0, 0.05) is 6.54 Å². The average molecular weight is 371 g/mol. The van der Waals surface area contributed by atoms with Crippen molar-refractivity contribution >= 4 is 28.9 Å². The Labute approximate surface area is 153 Å². The molecule has 0 aliphatic rings. The number of carbonyl (C=O) groups excluding carboxylic acids is 3. The van der Waals surface area contributed by atoms with Gasteiger partial charge in [0.15, 0.2) is 6.61 Å². The van der Waals surface area contributed by atoms with Crippen LogP contribution in [0.1, 0.15) is 23.0 Å². The van der Waals surface area contributed by atoms with Crippen LogP contribution in [0.4, 0.5) is 4.79 Å². The van der Waals surface area contributed by atoms with Crippen molar-refractivity contribution in [3.8, 4) is 0 Å². The van der Waals surface area contributed by atoms with E-state index in [1.165, 1.54) is 12.3 Å². The number of urea groups is 1. The molecule has 140 valence electrons. The van der Waals surface area contributed by atoms with Gasteiger partial charge in [0.2, 0.25) is 0 Å². The van der Waals surface area contributed by atoms with E-state index in [0.717, 1.165) is 5.52 Å². The predicted molar refractivity (Wildman–Crippen MR) is 92.6 cm³/mol. The molecule has 1 aromatic carbocycles. The lowest BCUT2D eigenvalue weighted by Crippen LogP contribution is -2.41. The van der Waals surface area contributed by atoms with E-state index in [2.05, 4.69) is 20.9 Å². The number of rotatable bonds is 6. The van der Waals surface area contributed by atoms with Crippen LogP contribution in [0.25, 0.3) is 11.0 Å². The number of furan rings is 1. The Kier molecular flexibility index (Phi) is 5.45. The molecule has 0 radical (unpaired) electrons. The Morgan fingerprint density at radius 1 is 1.26 bits per heavy atom. The molecule has 2 heterocycles. The molecule has 0 aliphatic heterocycles. The highest BCUT2D eigenvalue weighted by Gasteiger charge is 2.14. The maximum Gasteiger partial charge on any atom is 0.338 e. The molecule has 10 heteroatoms. The van der Waals surface area contributed by atoms with Gasteiger partial charge in [-0.05, 0) is 37.3 Å². The zero-order valence-electron chi connectivity index (χ0n) is 14.5. The first-order chi connectivity index (χ1) is 13.1. The summed E-state index contributed by atoms with van der Waals surface area (Å²) in [6.45, 7) is 2.12. The van der Waals surface area contributed by atoms with Crippen molar-refractivity contribution in [1.82, 2.24) is 25.6 Å². The molecule has 0 unspecified atom stereocenters. The zero-order valence-corrected chi connectivity index (χ0v) is 14.5. The van der Waals surface area contributed by atoms with E-state index in [1.54, 1.807) is 28.9 Å². The Morgan fingerprint density at radius 3 is 2.85 bits per heavy atom. The van der Waals surface area contributed by atoms with Gasteiger partial charge in [-0.2, -0.15) is 0 Å². The minimum atomic E-state index is -0.752. The van der Waals surface area contributed by atoms with E-state index in [4.69, 9.17) is 9.15 Å². The van der Waals surface area contributed by atoms with Crippen molar-refractivity contribution < 1.29 is 23.5 Å². The number of amides is 3. The summed E-state index contributed by atoms with van der Waals surface area (Å²) < 4.78 is 11.7. The Hall–Kier alpha value is -3.69. The molecule has 0 spiro atoms. The fourth-order valence-corrected chi connectivity index (χ4v) is 2.33. The number of ether oxygens (including phenoxy) is 1. The summed E-state index contributed by atoms with van der Waals surface area (Å²) in [6.07, 6.45) is 1.47. The fourth-order valence-electron chi connectivity index (χ4n) is 2.33. The van der Waals surface area contributed by atoms with Crippen LogP contribution in [0.3, 0.4) is 0 Å². The van der Waals surface area contributed by atoms with Crippen molar-refractivity contribution in [2.45, 2.75) is 20.0 Å². The van der Waals surface area contributed by atoms with E-state index in [0.29, 0.717) is 17.8 Å². The van der Waals surface area contributed by atoms with Crippen LogP contribution in [0.5, 0.6) is 0 Å². The number of nitrogens with zero attached hydrogens (tertiary/aromatic N) is 3. The summed E-state index contributed by atoms with van der Waals surface area (Å²) in [4.78, 5) is 35.4. The molecular formula is C17H17N5O5. The molecular weight excluding hydrogens is 354 g/mol. The maximum atomic E-state index is 12.1. The molecule has 0 saturated carbocycles. The van der Waals surface area contributed by atoms with E-state index in [9.17, 15) is 14.4 Å². The van der Waals surface area contributed by atoms with Gasteiger partial charge in [0.1, 0.15) is 11.3 Å². The summed E-state index contributed by atoms with van der Waals surface area (Å²) in [6, 6.07) is 7.45. The van der Waals surface area contributed by atoms with Crippen LogP contribution in [0, 0.1) is 0 Å². The van der Waals surface area contributed by atoms with Crippen LogP contribution in [0.15, 0.2) is 41.0 Å². The van der Waals surface area contributed by atoms with Crippen LogP contribution in [-0.2, 0) is 22.6 Å². The molecule has 2 N–H and O–H groups in total. The third-order valence-electron chi connectivity index (χ3n) is 3.64. The molecule has 0 fully saturated rings. The quantitative estimate of drug-likeness (QED) is 0.624. The molecule has 27 heavy (non-hydrogen) atoms. The Morgan fingerprint density at radius 2 is 2.11 bits per heavy atom. The minimum absolute atomic E-state index is 0.129. The van der Waals surface area contributed by atoms with Crippen LogP contribution in [-0.4, -0.2) is 39.5 Å². The first-order valence-electron chi connectivity index (χ1n) is 8.17. The number of imide groups is 1. The van der Waals surface area contributed by atoms with Gasteiger partial charge in [0.05, 0.1) is 23.9 Å². The van der Waals surface area contributed by atoms with Crippen molar-refractivity contribution in [3.63, 3.8) is 0 Å². The molecule has 0 atom stereocenters. The predicted octanol–water partition coefficient (Wildman–Crippen LogP) is 1.23. The van der Waals surface area contributed by atoms with Crippen LogP contribution < -0.4 is 10.6 Å². The minimum Gasteiger partial charge on any atom is -0.467 e. The third kappa shape index (κ3) is 4.48. The van der Waals surface area contributed by atoms with Gasteiger partial charge < -0.3 is 14.5 Å². The number of aromatic nitrogens is 3. The average Bonchev–Trinajstić information content (AvgIpc) is 3.33. The highest BCUT2D eigenvalue weighted by Crippen LogP contribution is 2.14. The van der Waals surface area contributed by atoms with Gasteiger partial charge in [-0.1, -0.05) is 5.21 Å². The van der Waals surface area contributed by atoms with Crippen molar-refractivity contribution in [1.29, 1.82) is 0 Å². The van der Waals surface area contributed by atoms with Gasteiger partial charge >= 0.3 is 12.0 Å². The SMILES string of the molecule is CCn1nnc2cc(C(=O)OCC(=O)NC(=O)NCc3ccco3)ccc21. The summed E-state index contributed by atoms with van der Waals surface area (Å²) in [5.41, 5.74) is 1.58. The summed E-state index contributed by atoms with van der Waals surface area (Å²) >= 11 is 0. The lowest BCUT2D eigenvalue weighted by atomic mass is 10.2. The lowest BCUT2D eigenvalue weighted by molar-refractivity contribution is -0.123. The second-order valence-corrected chi connectivity index (χ2v) is 5.50.